The number of methoxy groups -OCH3 is 1. The van der Waals surface area contributed by atoms with Crippen LogP contribution in [0.4, 0.5) is 11.6 Å². The normalized spacial score (nSPS) is 10.4. The molecule has 0 saturated carbocycles. The van der Waals surface area contributed by atoms with Gasteiger partial charge < -0.3 is 15.4 Å². The zero-order chi connectivity index (χ0) is 16.7. The quantitative estimate of drug-likeness (QED) is 0.768. The van der Waals surface area contributed by atoms with E-state index in [2.05, 4.69) is 33.6 Å². The number of amides is 1. The fraction of sp³-hybridized carbons (Fsp3) is 0.353. The van der Waals surface area contributed by atoms with Gasteiger partial charge in [0.1, 0.15) is 5.69 Å². The highest BCUT2D eigenvalue weighted by atomic mass is 16.5. The van der Waals surface area contributed by atoms with Crippen molar-refractivity contribution >= 4 is 17.5 Å². The molecule has 6 heteroatoms. The fourth-order valence-corrected chi connectivity index (χ4v) is 2.17. The third kappa shape index (κ3) is 4.75. The van der Waals surface area contributed by atoms with Crippen molar-refractivity contribution in [3.8, 4) is 0 Å². The van der Waals surface area contributed by atoms with Gasteiger partial charge in [-0.25, -0.2) is 9.97 Å². The van der Waals surface area contributed by atoms with E-state index in [1.165, 1.54) is 5.56 Å². The SMILES string of the molecule is CCc1ccccc1Nc1nc(C)cc(C(=O)NCCOC)n1. The second kappa shape index (κ2) is 8.24. The molecule has 1 amide bonds. The Morgan fingerprint density at radius 1 is 1.26 bits per heavy atom. The second-order valence-corrected chi connectivity index (χ2v) is 5.10. The maximum absolute atomic E-state index is 12.1. The summed E-state index contributed by atoms with van der Waals surface area (Å²) in [7, 11) is 1.59. The first-order valence-corrected chi connectivity index (χ1v) is 7.61. The van der Waals surface area contributed by atoms with Crippen LogP contribution >= 0.6 is 0 Å². The Bertz CT molecular complexity index is 673. The minimum atomic E-state index is -0.237. The van der Waals surface area contributed by atoms with Crippen LogP contribution in [0.1, 0.15) is 28.7 Å². The van der Waals surface area contributed by atoms with Gasteiger partial charge in [0, 0.05) is 25.0 Å². The molecule has 2 aromatic rings. The van der Waals surface area contributed by atoms with E-state index >= 15 is 0 Å². The number of carbonyl (C=O) groups is 1. The number of para-hydroxylation sites is 1. The number of carbonyl (C=O) groups excluding carboxylic acids is 1. The summed E-state index contributed by atoms with van der Waals surface area (Å²) in [6, 6.07) is 9.64. The summed E-state index contributed by atoms with van der Waals surface area (Å²) in [5, 5.41) is 5.96. The molecular formula is C17H22N4O2. The number of rotatable bonds is 7. The van der Waals surface area contributed by atoms with Gasteiger partial charge in [-0.05, 0) is 31.0 Å². The Labute approximate surface area is 136 Å². The zero-order valence-electron chi connectivity index (χ0n) is 13.7. The van der Waals surface area contributed by atoms with Crippen molar-refractivity contribution in [2.24, 2.45) is 0 Å². The first-order chi connectivity index (χ1) is 11.1. The van der Waals surface area contributed by atoms with E-state index in [1.54, 1.807) is 13.2 Å². The van der Waals surface area contributed by atoms with Crippen molar-refractivity contribution < 1.29 is 9.53 Å². The molecule has 2 N–H and O–H groups in total. The molecule has 2 rings (SSSR count). The third-order valence-corrected chi connectivity index (χ3v) is 3.32. The highest BCUT2D eigenvalue weighted by Crippen LogP contribution is 2.19. The van der Waals surface area contributed by atoms with Gasteiger partial charge in [-0.2, -0.15) is 0 Å². The van der Waals surface area contributed by atoms with E-state index in [4.69, 9.17) is 4.74 Å². The molecule has 0 spiro atoms. The number of hydrogen-bond acceptors (Lipinski definition) is 5. The van der Waals surface area contributed by atoms with E-state index in [-0.39, 0.29) is 5.91 Å². The number of nitrogens with one attached hydrogen (secondary N) is 2. The number of aryl methyl sites for hydroxylation is 2. The number of nitrogens with zero attached hydrogens (tertiary/aromatic N) is 2. The van der Waals surface area contributed by atoms with Gasteiger partial charge in [0.15, 0.2) is 0 Å². The van der Waals surface area contributed by atoms with E-state index in [0.29, 0.717) is 24.8 Å². The van der Waals surface area contributed by atoms with Gasteiger partial charge in [0.2, 0.25) is 5.95 Å². The summed E-state index contributed by atoms with van der Waals surface area (Å²) in [6.45, 7) is 4.83. The number of anilines is 2. The molecule has 0 aliphatic carbocycles. The summed E-state index contributed by atoms with van der Waals surface area (Å²) in [4.78, 5) is 20.8. The lowest BCUT2D eigenvalue weighted by molar-refractivity contribution is 0.0932. The summed E-state index contributed by atoms with van der Waals surface area (Å²) < 4.78 is 4.92. The molecule has 23 heavy (non-hydrogen) atoms. The molecule has 0 bridgehead atoms. The van der Waals surface area contributed by atoms with Crippen LogP contribution in [0.2, 0.25) is 0 Å². The molecule has 1 aromatic heterocycles. The average Bonchev–Trinajstić information content (AvgIpc) is 2.55. The van der Waals surface area contributed by atoms with Gasteiger partial charge in [-0.1, -0.05) is 25.1 Å². The molecule has 0 aliphatic rings. The Hall–Kier alpha value is -2.47. The van der Waals surface area contributed by atoms with Crippen LogP contribution in [-0.4, -0.2) is 36.1 Å². The Morgan fingerprint density at radius 3 is 2.78 bits per heavy atom. The van der Waals surface area contributed by atoms with Crippen LogP contribution in [-0.2, 0) is 11.2 Å². The van der Waals surface area contributed by atoms with Crippen LogP contribution in [0.3, 0.4) is 0 Å². The van der Waals surface area contributed by atoms with Crippen molar-refractivity contribution in [3.05, 3.63) is 47.3 Å². The van der Waals surface area contributed by atoms with Crippen molar-refractivity contribution in [1.82, 2.24) is 15.3 Å². The minimum absolute atomic E-state index is 0.237. The van der Waals surface area contributed by atoms with Crippen LogP contribution in [0, 0.1) is 6.92 Å². The summed E-state index contributed by atoms with van der Waals surface area (Å²) in [5.74, 6) is 0.183. The number of benzene rings is 1. The standard InChI is InChI=1S/C17H22N4O2/c1-4-13-7-5-6-8-14(13)20-17-19-12(2)11-15(21-17)16(22)18-9-10-23-3/h5-8,11H,4,9-10H2,1-3H3,(H,18,22)(H,19,20,21). The van der Waals surface area contributed by atoms with Gasteiger partial charge in [0.25, 0.3) is 5.91 Å². The van der Waals surface area contributed by atoms with E-state index in [0.717, 1.165) is 17.8 Å². The summed E-state index contributed by atoms with van der Waals surface area (Å²) in [5.41, 5.74) is 3.19. The predicted octanol–water partition coefficient (Wildman–Crippen LogP) is 2.47. The molecule has 0 aliphatic heterocycles. The highest BCUT2D eigenvalue weighted by molar-refractivity contribution is 5.92. The average molecular weight is 314 g/mol. The lowest BCUT2D eigenvalue weighted by Gasteiger charge is -2.11. The molecule has 122 valence electrons. The van der Waals surface area contributed by atoms with Gasteiger partial charge >= 0.3 is 0 Å². The van der Waals surface area contributed by atoms with Crippen molar-refractivity contribution in [1.29, 1.82) is 0 Å². The Kier molecular flexibility index (Phi) is 6.05. The first-order valence-electron chi connectivity index (χ1n) is 7.61. The summed E-state index contributed by atoms with van der Waals surface area (Å²) >= 11 is 0. The Balaban J connectivity index is 2.18. The van der Waals surface area contributed by atoms with Crippen molar-refractivity contribution in [2.45, 2.75) is 20.3 Å². The first kappa shape index (κ1) is 16.9. The van der Waals surface area contributed by atoms with Crippen LogP contribution < -0.4 is 10.6 Å². The topological polar surface area (TPSA) is 76.1 Å². The molecule has 6 nitrogen and oxygen atoms in total. The maximum Gasteiger partial charge on any atom is 0.270 e. The van der Waals surface area contributed by atoms with Crippen LogP contribution in [0.5, 0.6) is 0 Å². The largest absolute Gasteiger partial charge is 0.383 e. The van der Waals surface area contributed by atoms with Gasteiger partial charge in [-0.3, -0.25) is 4.79 Å². The molecule has 0 unspecified atom stereocenters. The highest BCUT2D eigenvalue weighted by Gasteiger charge is 2.11. The lowest BCUT2D eigenvalue weighted by atomic mass is 10.1. The van der Waals surface area contributed by atoms with E-state index < -0.39 is 0 Å². The molecule has 0 atom stereocenters. The van der Waals surface area contributed by atoms with E-state index in [9.17, 15) is 4.79 Å². The number of hydrogen-bond donors (Lipinski definition) is 2. The predicted molar refractivity (Wildman–Crippen MR) is 90.1 cm³/mol. The molecule has 0 fully saturated rings. The van der Waals surface area contributed by atoms with Crippen molar-refractivity contribution in [3.63, 3.8) is 0 Å². The van der Waals surface area contributed by atoms with Gasteiger partial charge in [-0.15, -0.1) is 0 Å². The molecule has 0 saturated heterocycles. The lowest BCUT2D eigenvalue weighted by Crippen LogP contribution is -2.28. The minimum Gasteiger partial charge on any atom is -0.383 e. The second-order valence-electron chi connectivity index (χ2n) is 5.10. The smallest absolute Gasteiger partial charge is 0.270 e. The van der Waals surface area contributed by atoms with Crippen LogP contribution in [0.25, 0.3) is 0 Å². The fourth-order valence-electron chi connectivity index (χ4n) is 2.17. The molecule has 1 heterocycles. The van der Waals surface area contributed by atoms with Gasteiger partial charge in [0.05, 0.1) is 6.61 Å². The monoisotopic (exact) mass is 314 g/mol. The molecule has 0 radical (unpaired) electrons. The van der Waals surface area contributed by atoms with Crippen molar-refractivity contribution in [2.75, 3.05) is 25.6 Å². The van der Waals surface area contributed by atoms with Crippen LogP contribution in [0.15, 0.2) is 30.3 Å². The number of aromatic nitrogens is 2. The Morgan fingerprint density at radius 2 is 2.04 bits per heavy atom. The third-order valence-electron chi connectivity index (χ3n) is 3.32. The van der Waals surface area contributed by atoms with E-state index in [1.807, 2.05) is 25.1 Å². The molecule has 1 aromatic carbocycles. The number of ether oxygens (including phenoxy) is 1. The zero-order valence-corrected chi connectivity index (χ0v) is 13.7. The molecular weight excluding hydrogens is 292 g/mol. The maximum atomic E-state index is 12.1. The summed E-state index contributed by atoms with van der Waals surface area (Å²) in [6.07, 6.45) is 0.902.